The van der Waals surface area contributed by atoms with E-state index in [0.717, 1.165) is 6.42 Å². The molecule has 0 spiro atoms. The van der Waals surface area contributed by atoms with Crippen molar-refractivity contribution in [2.24, 2.45) is 11.1 Å². The number of nitrogens with zero attached hydrogens (tertiary/aromatic N) is 1. The summed E-state index contributed by atoms with van der Waals surface area (Å²) in [5.41, 5.74) is 6.72. The lowest BCUT2D eigenvalue weighted by Gasteiger charge is -2.44. The predicted octanol–water partition coefficient (Wildman–Crippen LogP) is 2.24. The third-order valence-corrected chi connectivity index (χ3v) is 4.77. The standard InChI is InChI=1S/C17H22FN3O2/c1-17(2)9-21(7-5-13(17)19)15-11(18)8-10-12(22)4-6-20-14(10)16(15)23-3/h4,6,8,13H,5,7,9,19H2,1-3H3,(H,20,22). The number of pyridine rings is 1. The smallest absolute Gasteiger partial charge is 0.189 e. The molecule has 0 amide bonds. The maximum atomic E-state index is 14.8. The Morgan fingerprint density at radius 3 is 2.87 bits per heavy atom. The van der Waals surface area contributed by atoms with Gasteiger partial charge in [0.25, 0.3) is 0 Å². The monoisotopic (exact) mass is 319 g/mol. The normalized spacial score (nSPS) is 20.7. The summed E-state index contributed by atoms with van der Waals surface area (Å²) >= 11 is 0. The Morgan fingerprint density at radius 1 is 1.48 bits per heavy atom. The summed E-state index contributed by atoms with van der Waals surface area (Å²) in [4.78, 5) is 16.9. The van der Waals surface area contributed by atoms with E-state index in [4.69, 9.17) is 10.5 Å². The fourth-order valence-electron chi connectivity index (χ4n) is 3.30. The number of nitrogens with one attached hydrogen (secondary N) is 1. The molecule has 0 aliphatic carbocycles. The first-order valence-corrected chi connectivity index (χ1v) is 7.73. The van der Waals surface area contributed by atoms with Gasteiger partial charge in [-0.25, -0.2) is 4.39 Å². The van der Waals surface area contributed by atoms with E-state index in [-0.39, 0.29) is 16.9 Å². The maximum absolute atomic E-state index is 14.8. The number of hydrogen-bond acceptors (Lipinski definition) is 4. The molecule has 3 N–H and O–H groups in total. The Kier molecular flexibility index (Phi) is 3.80. The lowest BCUT2D eigenvalue weighted by molar-refractivity contribution is 0.243. The molecule has 1 saturated heterocycles. The molecule has 0 bridgehead atoms. The molecule has 5 nitrogen and oxygen atoms in total. The summed E-state index contributed by atoms with van der Waals surface area (Å²) in [6.07, 6.45) is 2.32. The molecule has 23 heavy (non-hydrogen) atoms. The second kappa shape index (κ2) is 5.53. The number of piperidine rings is 1. The van der Waals surface area contributed by atoms with Gasteiger partial charge in [0.05, 0.1) is 18.0 Å². The number of halogens is 1. The molecule has 1 fully saturated rings. The van der Waals surface area contributed by atoms with Crippen molar-refractivity contribution < 1.29 is 9.13 Å². The molecule has 3 rings (SSSR count). The molecule has 2 aromatic rings. The van der Waals surface area contributed by atoms with E-state index in [0.29, 0.717) is 35.4 Å². The fraction of sp³-hybridized carbons (Fsp3) is 0.471. The SMILES string of the molecule is COc1c(N2CCC(N)C(C)(C)C2)c(F)cc2c(=O)cc[nH]c12. The molecule has 1 unspecified atom stereocenters. The average molecular weight is 319 g/mol. The average Bonchev–Trinajstić information content (AvgIpc) is 2.50. The summed E-state index contributed by atoms with van der Waals surface area (Å²) in [7, 11) is 1.49. The van der Waals surface area contributed by atoms with Gasteiger partial charge in [-0.2, -0.15) is 0 Å². The number of aromatic amines is 1. The van der Waals surface area contributed by atoms with Crippen LogP contribution in [-0.4, -0.2) is 31.2 Å². The number of methoxy groups -OCH3 is 1. The van der Waals surface area contributed by atoms with E-state index in [1.807, 2.05) is 4.90 Å². The second-order valence-corrected chi connectivity index (χ2v) is 6.81. The predicted molar refractivity (Wildman–Crippen MR) is 89.7 cm³/mol. The lowest BCUT2D eigenvalue weighted by Crippen LogP contribution is -2.52. The Morgan fingerprint density at radius 2 is 2.22 bits per heavy atom. The van der Waals surface area contributed by atoms with Crippen molar-refractivity contribution in [1.29, 1.82) is 0 Å². The summed E-state index contributed by atoms with van der Waals surface area (Å²) in [6, 6.07) is 2.74. The molecule has 1 aliphatic heterocycles. The minimum atomic E-state index is -0.447. The van der Waals surface area contributed by atoms with Crippen LogP contribution >= 0.6 is 0 Å². The van der Waals surface area contributed by atoms with Crippen LogP contribution < -0.4 is 20.8 Å². The van der Waals surface area contributed by atoms with E-state index in [1.165, 1.54) is 19.2 Å². The Hall–Kier alpha value is -2.08. The van der Waals surface area contributed by atoms with Crippen molar-refractivity contribution in [1.82, 2.24) is 4.98 Å². The van der Waals surface area contributed by atoms with Gasteiger partial charge in [0, 0.05) is 31.4 Å². The molecule has 1 aliphatic rings. The topological polar surface area (TPSA) is 71.3 Å². The van der Waals surface area contributed by atoms with Crippen molar-refractivity contribution in [3.63, 3.8) is 0 Å². The fourth-order valence-corrected chi connectivity index (χ4v) is 3.30. The van der Waals surface area contributed by atoms with Crippen molar-refractivity contribution >= 4 is 16.6 Å². The minimum Gasteiger partial charge on any atom is -0.492 e. The van der Waals surface area contributed by atoms with Gasteiger partial charge in [-0.3, -0.25) is 4.79 Å². The van der Waals surface area contributed by atoms with Gasteiger partial charge in [0.15, 0.2) is 17.0 Å². The second-order valence-electron chi connectivity index (χ2n) is 6.81. The Balaban J connectivity index is 2.18. The van der Waals surface area contributed by atoms with Crippen molar-refractivity contribution in [2.45, 2.75) is 26.3 Å². The van der Waals surface area contributed by atoms with E-state index in [1.54, 1.807) is 6.20 Å². The van der Waals surface area contributed by atoms with Crippen LogP contribution in [0.25, 0.3) is 10.9 Å². The first kappa shape index (κ1) is 15.8. The Bertz CT molecular complexity index is 800. The van der Waals surface area contributed by atoms with Gasteiger partial charge in [-0.05, 0) is 17.9 Å². The molecule has 0 saturated carbocycles. The van der Waals surface area contributed by atoms with Crippen LogP contribution in [0.3, 0.4) is 0 Å². The van der Waals surface area contributed by atoms with Crippen molar-refractivity contribution in [3.05, 3.63) is 34.4 Å². The number of anilines is 1. The molecule has 1 aromatic heterocycles. The zero-order valence-electron chi connectivity index (χ0n) is 13.6. The van der Waals surface area contributed by atoms with Crippen LogP contribution in [0.4, 0.5) is 10.1 Å². The van der Waals surface area contributed by atoms with Crippen LogP contribution in [-0.2, 0) is 0 Å². The largest absolute Gasteiger partial charge is 0.492 e. The summed E-state index contributed by atoms with van der Waals surface area (Å²) in [6.45, 7) is 5.44. The number of benzene rings is 1. The number of aromatic nitrogens is 1. The van der Waals surface area contributed by atoms with Gasteiger partial charge in [-0.15, -0.1) is 0 Å². The highest BCUT2D eigenvalue weighted by Gasteiger charge is 2.35. The first-order valence-electron chi connectivity index (χ1n) is 7.73. The van der Waals surface area contributed by atoms with Gasteiger partial charge in [-0.1, -0.05) is 13.8 Å². The third-order valence-electron chi connectivity index (χ3n) is 4.77. The molecule has 1 atom stereocenters. The minimum absolute atomic E-state index is 0.0769. The zero-order chi connectivity index (χ0) is 16.8. The van der Waals surface area contributed by atoms with E-state index in [2.05, 4.69) is 18.8 Å². The van der Waals surface area contributed by atoms with Gasteiger partial charge in [0.1, 0.15) is 5.69 Å². The number of H-pyrrole nitrogens is 1. The molecule has 6 heteroatoms. The lowest BCUT2D eigenvalue weighted by atomic mass is 9.79. The van der Waals surface area contributed by atoms with Crippen molar-refractivity contribution in [3.8, 4) is 5.75 Å². The molecular weight excluding hydrogens is 297 g/mol. The van der Waals surface area contributed by atoms with E-state index >= 15 is 0 Å². The van der Waals surface area contributed by atoms with E-state index in [9.17, 15) is 9.18 Å². The summed E-state index contributed by atoms with van der Waals surface area (Å²) in [5, 5.41) is 0.290. The highest BCUT2D eigenvalue weighted by Crippen LogP contribution is 2.40. The number of hydrogen-bond donors (Lipinski definition) is 2. The van der Waals surface area contributed by atoms with Crippen LogP contribution in [0.15, 0.2) is 23.1 Å². The van der Waals surface area contributed by atoms with Gasteiger partial charge >= 0.3 is 0 Å². The third kappa shape index (κ3) is 2.57. The number of rotatable bonds is 2. The molecule has 2 heterocycles. The van der Waals surface area contributed by atoms with Crippen LogP contribution in [0, 0.1) is 11.2 Å². The molecular formula is C17H22FN3O2. The van der Waals surface area contributed by atoms with Gasteiger partial charge < -0.3 is 20.4 Å². The maximum Gasteiger partial charge on any atom is 0.189 e. The van der Waals surface area contributed by atoms with Crippen LogP contribution in [0.2, 0.25) is 0 Å². The van der Waals surface area contributed by atoms with E-state index < -0.39 is 5.82 Å². The van der Waals surface area contributed by atoms with Gasteiger partial charge in [0.2, 0.25) is 0 Å². The van der Waals surface area contributed by atoms with Crippen LogP contribution in [0.5, 0.6) is 5.75 Å². The number of ether oxygens (including phenoxy) is 1. The zero-order valence-corrected chi connectivity index (χ0v) is 13.6. The van der Waals surface area contributed by atoms with Crippen LogP contribution in [0.1, 0.15) is 20.3 Å². The van der Waals surface area contributed by atoms with Crippen molar-refractivity contribution in [2.75, 3.05) is 25.1 Å². The highest BCUT2D eigenvalue weighted by atomic mass is 19.1. The summed E-state index contributed by atoms with van der Waals surface area (Å²) in [5.74, 6) is -0.0821. The highest BCUT2D eigenvalue weighted by molar-refractivity contribution is 5.90. The molecule has 0 radical (unpaired) electrons. The molecule has 124 valence electrons. The number of nitrogens with two attached hydrogens (primary N) is 1. The summed E-state index contributed by atoms with van der Waals surface area (Å²) < 4.78 is 20.2. The Labute approximate surface area is 134 Å². The first-order chi connectivity index (χ1) is 10.8. The quantitative estimate of drug-likeness (QED) is 0.890. The molecule has 1 aromatic carbocycles. The number of fused-ring (bicyclic) bond motifs is 1.